The minimum absolute atomic E-state index is 0.0215. The van der Waals surface area contributed by atoms with Gasteiger partial charge in [-0.25, -0.2) is 4.79 Å². The minimum atomic E-state index is -1.10. The minimum Gasteiger partial charge on any atom is -0.478 e. The summed E-state index contributed by atoms with van der Waals surface area (Å²) in [4.78, 5) is 10.3. The van der Waals surface area contributed by atoms with Crippen molar-refractivity contribution in [3.05, 3.63) is 35.5 Å². The first-order valence-electron chi connectivity index (χ1n) is 2.75. The van der Waals surface area contributed by atoms with Crippen molar-refractivity contribution in [3.8, 4) is 0 Å². The molecule has 11 heavy (non-hydrogen) atoms. The first kappa shape index (κ1) is 9.78. The Bertz CT molecular complexity index is 231. The van der Waals surface area contributed by atoms with Gasteiger partial charge in [-0.3, -0.25) is 0 Å². The van der Waals surface area contributed by atoms with Crippen molar-refractivity contribution in [1.29, 1.82) is 0 Å². The fourth-order valence-electron chi connectivity index (χ4n) is 0.378. The highest BCUT2D eigenvalue weighted by Crippen LogP contribution is 2.02. The Kier molecular flexibility index (Phi) is 4.07. The summed E-state index contributed by atoms with van der Waals surface area (Å²) < 4.78 is 0. The van der Waals surface area contributed by atoms with Gasteiger partial charge in [0.1, 0.15) is 0 Å². The topological polar surface area (TPSA) is 63.3 Å². The summed E-state index contributed by atoms with van der Waals surface area (Å²) in [7, 11) is 0. The molecule has 60 valence electrons. The third-order valence-corrected chi connectivity index (χ3v) is 0.996. The van der Waals surface area contributed by atoms with Crippen molar-refractivity contribution in [1.82, 2.24) is 0 Å². The average molecular weight is 174 g/mol. The van der Waals surface area contributed by atoms with Gasteiger partial charge in [0.2, 0.25) is 0 Å². The van der Waals surface area contributed by atoms with Gasteiger partial charge in [-0.1, -0.05) is 18.2 Å². The van der Waals surface area contributed by atoms with E-state index >= 15 is 0 Å². The fourth-order valence-corrected chi connectivity index (χ4v) is 0.441. The Labute approximate surface area is 69.5 Å². The zero-order valence-corrected chi connectivity index (χ0v) is 6.51. The summed E-state index contributed by atoms with van der Waals surface area (Å²) in [6.07, 6.45) is 3.62. The van der Waals surface area contributed by atoms with Crippen molar-refractivity contribution >= 4 is 17.6 Å². The van der Waals surface area contributed by atoms with Crippen LogP contribution in [0.25, 0.3) is 0 Å². The van der Waals surface area contributed by atoms with Crippen molar-refractivity contribution in [2.75, 3.05) is 0 Å². The Morgan fingerprint density at radius 3 is 2.36 bits per heavy atom. The molecule has 0 aliphatic carbocycles. The van der Waals surface area contributed by atoms with Gasteiger partial charge in [-0.2, -0.15) is 0 Å². The molecule has 3 nitrogen and oxygen atoms in total. The van der Waals surface area contributed by atoms with Gasteiger partial charge in [0.05, 0.1) is 5.57 Å². The maximum Gasteiger partial charge on any atom is 0.337 e. The van der Waals surface area contributed by atoms with Crippen LogP contribution in [0.4, 0.5) is 0 Å². The molecule has 4 heteroatoms. The highest BCUT2D eigenvalue weighted by molar-refractivity contribution is 6.30. The van der Waals surface area contributed by atoms with E-state index in [0.717, 1.165) is 6.20 Å². The second-order valence-corrected chi connectivity index (χ2v) is 2.19. The summed E-state index contributed by atoms with van der Waals surface area (Å²) in [5.74, 6) is -1.10. The smallest absolute Gasteiger partial charge is 0.337 e. The highest BCUT2D eigenvalue weighted by atomic mass is 35.5. The van der Waals surface area contributed by atoms with E-state index in [1.54, 1.807) is 0 Å². The number of hydrogen-bond donors (Lipinski definition) is 2. The SMILES string of the molecule is C=C(Cl)/C=C\C(=C/N)C(=O)O. The normalized spacial score (nSPS) is 11.9. The average Bonchev–Trinajstić information content (AvgIpc) is 1.87. The molecular weight excluding hydrogens is 166 g/mol. The second-order valence-electron chi connectivity index (χ2n) is 1.71. The fraction of sp³-hybridized carbons (Fsp3) is 0. The molecule has 0 aromatic rings. The van der Waals surface area contributed by atoms with Crippen LogP contribution in [-0.4, -0.2) is 11.1 Å². The van der Waals surface area contributed by atoms with Gasteiger partial charge in [0.25, 0.3) is 0 Å². The molecule has 0 unspecified atom stereocenters. The zero-order chi connectivity index (χ0) is 8.85. The molecule has 0 aromatic carbocycles. The van der Waals surface area contributed by atoms with E-state index in [1.165, 1.54) is 12.2 Å². The Hall–Kier alpha value is -1.22. The summed E-state index contributed by atoms with van der Waals surface area (Å²) in [5.41, 5.74) is 4.97. The molecule has 3 N–H and O–H groups in total. The number of allylic oxidation sites excluding steroid dienone is 2. The number of carboxylic acid groups (broad SMARTS) is 1. The lowest BCUT2D eigenvalue weighted by atomic mass is 10.2. The number of nitrogens with two attached hydrogens (primary N) is 1. The Balaban J connectivity index is 4.34. The van der Waals surface area contributed by atoms with E-state index in [4.69, 9.17) is 22.4 Å². The van der Waals surface area contributed by atoms with Crippen LogP contribution in [0.5, 0.6) is 0 Å². The number of rotatable bonds is 3. The van der Waals surface area contributed by atoms with Crippen LogP contribution in [0.1, 0.15) is 0 Å². The first-order valence-corrected chi connectivity index (χ1v) is 3.13. The number of carbonyl (C=O) groups is 1. The van der Waals surface area contributed by atoms with E-state index in [-0.39, 0.29) is 10.6 Å². The lowest BCUT2D eigenvalue weighted by Crippen LogP contribution is -2.00. The van der Waals surface area contributed by atoms with Crippen LogP contribution in [0.15, 0.2) is 35.5 Å². The maximum atomic E-state index is 10.3. The molecule has 0 aromatic heterocycles. The van der Waals surface area contributed by atoms with Crippen LogP contribution in [0, 0.1) is 0 Å². The van der Waals surface area contributed by atoms with Crippen LogP contribution in [0.3, 0.4) is 0 Å². The Morgan fingerprint density at radius 1 is 1.55 bits per heavy atom. The monoisotopic (exact) mass is 173 g/mol. The van der Waals surface area contributed by atoms with Gasteiger partial charge < -0.3 is 10.8 Å². The van der Waals surface area contributed by atoms with Crippen LogP contribution >= 0.6 is 11.6 Å². The van der Waals surface area contributed by atoms with Crippen molar-refractivity contribution in [2.45, 2.75) is 0 Å². The van der Waals surface area contributed by atoms with Gasteiger partial charge in [0.15, 0.2) is 0 Å². The van der Waals surface area contributed by atoms with E-state index in [9.17, 15) is 4.79 Å². The molecule has 0 fully saturated rings. The van der Waals surface area contributed by atoms with E-state index < -0.39 is 5.97 Å². The van der Waals surface area contributed by atoms with E-state index in [1.807, 2.05) is 0 Å². The van der Waals surface area contributed by atoms with Crippen molar-refractivity contribution < 1.29 is 9.90 Å². The summed E-state index contributed by atoms with van der Waals surface area (Å²) in [6, 6.07) is 0. The first-order chi connectivity index (χ1) is 5.07. The van der Waals surface area contributed by atoms with Crippen LogP contribution in [0.2, 0.25) is 0 Å². The van der Waals surface area contributed by atoms with Gasteiger partial charge in [0, 0.05) is 11.2 Å². The molecule has 0 aliphatic rings. The molecule has 0 bridgehead atoms. The molecule has 0 spiro atoms. The third kappa shape index (κ3) is 4.22. The molecule has 0 radical (unpaired) electrons. The summed E-state index contributed by atoms with van der Waals surface area (Å²) in [6.45, 7) is 3.34. The largest absolute Gasteiger partial charge is 0.478 e. The van der Waals surface area contributed by atoms with Crippen LogP contribution < -0.4 is 5.73 Å². The maximum absolute atomic E-state index is 10.3. The molecule has 0 rings (SSSR count). The van der Waals surface area contributed by atoms with Gasteiger partial charge >= 0.3 is 5.97 Å². The van der Waals surface area contributed by atoms with Crippen molar-refractivity contribution in [3.63, 3.8) is 0 Å². The third-order valence-electron chi connectivity index (χ3n) is 0.870. The summed E-state index contributed by atoms with van der Waals surface area (Å²) in [5, 5.41) is 8.67. The number of carboxylic acids is 1. The molecule has 0 atom stereocenters. The predicted octanol–water partition coefficient (Wildman–Crippen LogP) is 1.22. The molecule has 0 amide bonds. The van der Waals surface area contributed by atoms with Gasteiger partial charge in [-0.05, 0) is 12.2 Å². The quantitative estimate of drug-likeness (QED) is 0.498. The number of halogens is 1. The molecule has 0 aliphatic heterocycles. The lowest BCUT2D eigenvalue weighted by Gasteiger charge is -1.90. The molecule has 0 saturated heterocycles. The number of hydrogen-bond acceptors (Lipinski definition) is 2. The Morgan fingerprint density at radius 2 is 2.09 bits per heavy atom. The van der Waals surface area contributed by atoms with Crippen LogP contribution in [-0.2, 0) is 4.79 Å². The summed E-state index contributed by atoms with van der Waals surface area (Å²) >= 11 is 5.34. The highest BCUT2D eigenvalue weighted by Gasteiger charge is 1.99. The molecule has 0 heterocycles. The number of aliphatic carboxylic acids is 1. The predicted molar refractivity (Wildman–Crippen MR) is 44.0 cm³/mol. The zero-order valence-electron chi connectivity index (χ0n) is 5.75. The standard InChI is InChI=1S/C7H8ClNO2/c1-5(8)2-3-6(4-9)7(10)11/h2-4H,1,9H2,(H,10,11)/b3-2-,6-4+. The van der Waals surface area contributed by atoms with Crippen molar-refractivity contribution in [2.24, 2.45) is 5.73 Å². The van der Waals surface area contributed by atoms with E-state index in [0.29, 0.717) is 0 Å². The lowest BCUT2D eigenvalue weighted by molar-refractivity contribution is -0.132. The van der Waals surface area contributed by atoms with E-state index in [2.05, 4.69) is 6.58 Å². The van der Waals surface area contributed by atoms with Gasteiger partial charge in [-0.15, -0.1) is 0 Å². The molecule has 0 saturated carbocycles. The second kappa shape index (κ2) is 4.57. The molecular formula is C7H8ClNO2.